The summed E-state index contributed by atoms with van der Waals surface area (Å²) >= 11 is 1.12. The molecule has 0 radical (unpaired) electrons. The van der Waals surface area contributed by atoms with Crippen molar-refractivity contribution in [2.45, 2.75) is 17.3 Å². The SMILES string of the molecule is CN(Cc1ccccc1)C(=O)S[C@]1(c2ccccc2)C(=O)N(c2ccccc2)[C@H]1c1ccccc1. The molecular weight excluding hydrogens is 452 g/mol. The maximum Gasteiger partial charge on any atom is 0.283 e. The van der Waals surface area contributed by atoms with E-state index in [9.17, 15) is 9.59 Å². The van der Waals surface area contributed by atoms with E-state index in [4.69, 9.17) is 0 Å². The molecule has 0 spiro atoms. The van der Waals surface area contributed by atoms with Gasteiger partial charge in [-0.2, -0.15) is 0 Å². The summed E-state index contributed by atoms with van der Waals surface area (Å²) in [6.45, 7) is 0.476. The van der Waals surface area contributed by atoms with Crippen LogP contribution in [0.4, 0.5) is 10.5 Å². The van der Waals surface area contributed by atoms with Gasteiger partial charge >= 0.3 is 0 Å². The molecule has 1 aliphatic heterocycles. The number of β-lactam (4-membered cyclic amide) rings is 1. The summed E-state index contributed by atoms with van der Waals surface area (Å²) < 4.78 is -1.07. The molecule has 0 aliphatic carbocycles. The third-order valence-electron chi connectivity index (χ3n) is 6.35. The molecule has 1 fully saturated rings. The molecule has 0 aromatic heterocycles. The van der Waals surface area contributed by atoms with E-state index in [1.54, 1.807) is 11.9 Å². The summed E-state index contributed by atoms with van der Waals surface area (Å²) in [4.78, 5) is 31.2. The Morgan fingerprint density at radius 3 is 1.91 bits per heavy atom. The summed E-state index contributed by atoms with van der Waals surface area (Å²) in [5.41, 5.74) is 3.69. The van der Waals surface area contributed by atoms with Crippen molar-refractivity contribution in [3.63, 3.8) is 0 Å². The number of hydrogen-bond donors (Lipinski definition) is 0. The normalized spacial score (nSPS) is 19.2. The molecule has 1 saturated heterocycles. The Kier molecular flexibility index (Phi) is 6.43. The second-order valence-electron chi connectivity index (χ2n) is 8.64. The van der Waals surface area contributed by atoms with Crippen LogP contribution in [-0.2, 0) is 16.1 Å². The van der Waals surface area contributed by atoms with Crippen molar-refractivity contribution in [2.24, 2.45) is 0 Å². The lowest BCUT2D eigenvalue weighted by molar-refractivity contribution is -0.128. The number of para-hydroxylation sites is 1. The van der Waals surface area contributed by atoms with Crippen LogP contribution in [0, 0.1) is 0 Å². The Bertz CT molecular complexity index is 1300. The highest BCUT2D eigenvalue weighted by Crippen LogP contribution is 2.60. The maximum absolute atomic E-state index is 14.1. The first-order chi connectivity index (χ1) is 17.1. The highest BCUT2D eigenvalue weighted by molar-refractivity contribution is 8.15. The summed E-state index contributed by atoms with van der Waals surface area (Å²) in [5, 5.41) is -0.139. The fourth-order valence-corrected chi connectivity index (χ4v) is 5.95. The van der Waals surface area contributed by atoms with Gasteiger partial charge < -0.3 is 9.80 Å². The molecule has 35 heavy (non-hydrogen) atoms. The van der Waals surface area contributed by atoms with E-state index in [0.29, 0.717) is 6.54 Å². The lowest BCUT2D eigenvalue weighted by atomic mass is 9.76. The van der Waals surface area contributed by atoms with Gasteiger partial charge in [-0.1, -0.05) is 109 Å². The Balaban J connectivity index is 1.57. The average Bonchev–Trinajstić information content (AvgIpc) is 2.92. The van der Waals surface area contributed by atoms with Gasteiger partial charge in [0.25, 0.3) is 11.1 Å². The number of rotatable bonds is 6. The zero-order chi connectivity index (χ0) is 24.3. The molecule has 174 valence electrons. The van der Waals surface area contributed by atoms with Crippen molar-refractivity contribution in [2.75, 3.05) is 11.9 Å². The van der Waals surface area contributed by atoms with Crippen LogP contribution >= 0.6 is 11.8 Å². The molecule has 5 rings (SSSR count). The molecule has 2 atom stereocenters. The number of benzene rings is 4. The van der Waals surface area contributed by atoms with Crippen LogP contribution in [-0.4, -0.2) is 23.1 Å². The van der Waals surface area contributed by atoms with Gasteiger partial charge in [-0.05, 0) is 40.6 Å². The smallest absolute Gasteiger partial charge is 0.283 e. The first kappa shape index (κ1) is 22.9. The molecule has 0 bridgehead atoms. The second-order valence-corrected chi connectivity index (χ2v) is 9.83. The maximum atomic E-state index is 14.1. The van der Waals surface area contributed by atoms with E-state index in [2.05, 4.69) is 0 Å². The minimum absolute atomic E-state index is 0.0878. The van der Waals surface area contributed by atoms with Gasteiger partial charge in [-0.25, -0.2) is 0 Å². The Hall–Kier alpha value is -3.83. The number of hydrogen-bond acceptors (Lipinski definition) is 3. The molecule has 0 unspecified atom stereocenters. The number of carbonyl (C=O) groups excluding carboxylic acids is 2. The molecule has 0 N–H and O–H groups in total. The van der Waals surface area contributed by atoms with E-state index in [1.807, 2.05) is 126 Å². The standard InChI is InChI=1S/C30H26N2O2S/c1-31(22-23-14-6-2-7-15-23)29(34)35-30(25-18-10-4-11-19-25)27(24-16-8-3-9-17-24)32(28(30)33)26-20-12-5-13-21-26/h2-21,27H,22H2,1H3/t27-,30-/m0/s1. The fraction of sp³-hybridized carbons (Fsp3) is 0.133. The number of thioether (sulfide) groups is 1. The lowest BCUT2D eigenvalue weighted by Crippen LogP contribution is -2.65. The minimum Gasteiger partial charge on any atom is -0.332 e. The van der Waals surface area contributed by atoms with Crippen LogP contribution in [0.2, 0.25) is 0 Å². The molecule has 4 aromatic rings. The van der Waals surface area contributed by atoms with Crippen molar-refractivity contribution in [1.82, 2.24) is 4.90 Å². The molecule has 0 saturated carbocycles. The van der Waals surface area contributed by atoms with Crippen molar-refractivity contribution in [3.8, 4) is 0 Å². The van der Waals surface area contributed by atoms with Crippen molar-refractivity contribution in [1.29, 1.82) is 0 Å². The number of carbonyl (C=O) groups is 2. The highest BCUT2D eigenvalue weighted by Gasteiger charge is 2.64. The van der Waals surface area contributed by atoms with E-state index in [1.165, 1.54) is 0 Å². The van der Waals surface area contributed by atoms with E-state index in [-0.39, 0.29) is 17.2 Å². The molecular formula is C30H26N2O2S. The third kappa shape index (κ3) is 4.24. The number of anilines is 1. The van der Waals surface area contributed by atoms with Crippen LogP contribution in [0.25, 0.3) is 0 Å². The van der Waals surface area contributed by atoms with Gasteiger partial charge in [0.1, 0.15) is 0 Å². The largest absolute Gasteiger partial charge is 0.332 e. The number of amides is 2. The topological polar surface area (TPSA) is 40.6 Å². The van der Waals surface area contributed by atoms with E-state index in [0.717, 1.165) is 34.1 Å². The quantitative estimate of drug-likeness (QED) is 0.291. The molecule has 4 nitrogen and oxygen atoms in total. The van der Waals surface area contributed by atoms with Crippen molar-refractivity contribution >= 4 is 28.6 Å². The Morgan fingerprint density at radius 1 is 0.800 bits per heavy atom. The van der Waals surface area contributed by atoms with Crippen molar-refractivity contribution < 1.29 is 9.59 Å². The highest BCUT2D eigenvalue weighted by atomic mass is 32.2. The average molecular weight is 479 g/mol. The zero-order valence-electron chi connectivity index (χ0n) is 19.5. The van der Waals surface area contributed by atoms with Gasteiger partial charge in [0.05, 0.1) is 6.04 Å². The Labute approximate surface area is 210 Å². The summed E-state index contributed by atoms with van der Waals surface area (Å²) in [6.07, 6.45) is 0. The summed E-state index contributed by atoms with van der Waals surface area (Å²) in [7, 11) is 1.79. The van der Waals surface area contributed by atoms with Crippen LogP contribution in [0.5, 0.6) is 0 Å². The molecule has 1 heterocycles. The van der Waals surface area contributed by atoms with Crippen LogP contribution < -0.4 is 4.90 Å². The zero-order valence-corrected chi connectivity index (χ0v) is 20.3. The molecule has 4 aromatic carbocycles. The first-order valence-corrected chi connectivity index (χ1v) is 12.4. The molecule has 1 aliphatic rings. The van der Waals surface area contributed by atoms with Gasteiger partial charge in [0.2, 0.25) is 0 Å². The van der Waals surface area contributed by atoms with Gasteiger partial charge in [-0.3, -0.25) is 9.59 Å². The lowest BCUT2D eigenvalue weighted by Gasteiger charge is -2.55. The van der Waals surface area contributed by atoms with Gasteiger partial charge in [-0.15, -0.1) is 0 Å². The van der Waals surface area contributed by atoms with Gasteiger partial charge in [0.15, 0.2) is 4.75 Å². The third-order valence-corrected chi connectivity index (χ3v) is 7.80. The summed E-state index contributed by atoms with van der Waals surface area (Å²) in [5.74, 6) is -0.0878. The van der Waals surface area contributed by atoms with Gasteiger partial charge in [0, 0.05) is 19.3 Å². The molecule has 5 heteroatoms. The van der Waals surface area contributed by atoms with Crippen molar-refractivity contribution in [3.05, 3.63) is 138 Å². The van der Waals surface area contributed by atoms with Crippen LogP contribution in [0.1, 0.15) is 22.7 Å². The van der Waals surface area contributed by atoms with E-state index >= 15 is 0 Å². The number of nitrogens with zero attached hydrogens (tertiary/aromatic N) is 2. The minimum atomic E-state index is -1.07. The predicted octanol–water partition coefficient (Wildman–Crippen LogP) is 6.66. The van der Waals surface area contributed by atoms with E-state index < -0.39 is 4.75 Å². The second kappa shape index (κ2) is 9.80. The monoisotopic (exact) mass is 478 g/mol. The van der Waals surface area contributed by atoms with Crippen LogP contribution in [0.15, 0.2) is 121 Å². The predicted molar refractivity (Wildman–Crippen MR) is 142 cm³/mol. The first-order valence-electron chi connectivity index (χ1n) is 11.6. The Morgan fingerprint density at radius 2 is 1.31 bits per heavy atom. The van der Waals surface area contributed by atoms with Crippen LogP contribution in [0.3, 0.4) is 0 Å². The fourth-order valence-electron chi connectivity index (χ4n) is 4.67. The summed E-state index contributed by atoms with van der Waals surface area (Å²) in [6, 6.07) is 38.9. The molecule has 2 amide bonds.